The average Bonchev–Trinajstić information content (AvgIpc) is 3.44. The molecule has 0 aliphatic heterocycles. The van der Waals surface area contributed by atoms with E-state index in [0.29, 0.717) is 34.0 Å². The van der Waals surface area contributed by atoms with E-state index in [1.807, 2.05) is 30.3 Å². The summed E-state index contributed by atoms with van der Waals surface area (Å²) in [4.78, 5) is 17.0. The molecule has 154 valence electrons. The molecule has 1 spiro atoms. The van der Waals surface area contributed by atoms with Crippen molar-refractivity contribution in [2.24, 2.45) is 11.3 Å². The number of aromatic nitrogens is 1. The standard InChI is InChI=1S/C25H22ClF2NO/c26-17-3-1-15(2-4-17)11-24(30)20-14-25(20)8-5-16(6-9-25)18-7-10-29-23-13-22(28)21(27)12-19(18)23/h1-4,7,10,12-13,16,20H,5-6,8-9,11,14H2. The third kappa shape index (κ3) is 3.51. The Hall–Kier alpha value is -2.33. The Kier molecular flexibility index (Phi) is 4.85. The first-order valence-corrected chi connectivity index (χ1v) is 10.8. The summed E-state index contributed by atoms with van der Waals surface area (Å²) in [6.45, 7) is 0. The van der Waals surface area contributed by atoms with E-state index in [1.54, 1.807) is 6.20 Å². The molecule has 0 bridgehead atoms. The van der Waals surface area contributed by atoms with Crippen LogP contribution in [0.4, 0.5) is 8.78 Å². The van der Waals surface area contributed by atoms with Crippen LogP contribution in [0.25, 0.3) is 10.9 Å². The number of pyridine rings is 1. The molecule has 0 N–H and O–H groups in total. The number of nitrogens with zero attached hydrogens (tertiary/aromatic N) is 1. The fourth-order valence-corrected chi connectivity index (χ4v) is 5.43. The Balaban J connectivity index is 1.27. The molecule has 2 saturated carbocycles. The first-order chi connectivity index (χ1) is 14.4. The van der Waals surface area contributed by atoms with E-state index in [4.69, 9.17) is 11.6 Å². The van der Waals surface area contributed by atoms with Crippen molar-refractivity contribution < 1.29 is 13.6 Å². The summed E-state index contributed by atoms with van der Waals surface area (Å²) in [6.07, 6.45) is 7.04. The van der Waals surface area contributed by atoms with Crippen LogP contribution in [0.5, 0.6) is 0 Å². The van der Waals surface area contributed by atoms with Crippen molar-refractivity contribution in [3.8, 4) is 0 Å². The molecule has 2 aliphatic rings. The maximum atomic E-state index is 13.8. The highest BCUT2D eigenvalue weighted by atomic mass is 35.5. The molecule has 2 nitrogen and oxygen atoms in total. The van der Waals surface area contributed by atoms with Gasteiger partial charge >= 0.3 is 0 Å². The molecule has 30 heavy (non-hydrogen) atoms. The maximum Gasteiger partial charge on any atom is 0.161 e. The highest BCUT2D eigenvalue weighted by Gasteiger charge is 2.57. The highest BCUT2D eigenvalue weighted by molar-refractivity contribution is 6.30. The molecule has 3 aromatic rings. The number of ketones is 1. The molecule has 2 fully saturated rings. The van der Waals surface area contributed by atoms with Gasteiger partial charge in [-0.25, -0.2) is 8.78 Å². The zero-order chi connectivity index (χ0) is 20.9. The van der Waals surface area contributed by atoms with Crippen LogP contribution in [0.15, 0.2) is 48.7 Å². The summed E-state index contributed by atoms with van der Waals surface area (Å²) >= 11 is 5.93. The summed E-state index contributed by atoms with van der Waals surface area (Å²) in [5, 5.41) is 1.38. The van der Waals surface area contributed by atoms with Gasteiger partial charge < -0.3 is 0 Å². The van der Waals surface area contributed by atoms with Gasteiger partial charge in [0.15, 0.2) is 11.6 Å². The van der Waals surface area contributed by atoms with Gasteiger partial charge in [-0.15, -0.1) is 0 Å². The second kappa shape index (κ2) is 7.42. The summed E-state index contributed by atoms with van der Waals surface area (Å²) in [6, 6.07) is 11.9. The van der Waals surface area contributed by atoms with E-state index in [0.717, 1.165) is 43.2 Å². The molecular formula is C25H22ClF2NO. The lowest BCUT2D eigenvalue weighted by molar-refractivity contribution is -0.120. The first kappa shape index (κ1) is 19.6. The molecular weight excluding hydrogens is 404 g/mol. The van der Waals surface area contributed by atoms with Crippen molar-refractivity contribution in [1.82, 2.24) is 4.98 Å². The number of fused-ring (bicyclic) bond motifs is 1. The third-order valence-corrected chi connectivity index (χ3v) is 7.36. The van der Waals surface area contributed by atoms with Gasteiger partial charge in [0.05, 0.1) is 5.52 Å². The van der Waals surface area contributed by atoms with Crippen molar-refractivity contribution in [3.63, 3.8) is 0 Å². The van der Waals surface area contributed by atoms with E-state index in [9.17, 15) is 13.6 Å². The van der Waals surface area contributed by atoms with Gasteiger partial charge in [-0.3, -0.25) is 9.78 Å². The molecule has 0 radical (unpaired) electrons. The van der Waals surface area contributed by atoms with Gasteiger partial charge in [-0.2, -0.15) is 0 Å². The molecule has 2 aromatic carbocycles. The van der Waals surface area contributed by atoms with Gasteiger partial charge in [0.2, 0.25) is 0 Å². The predicted molar refractivity (Wildman–Crippen MR) is 114 cm³/mol. The monoisotopic (exact) mass is 425 g/mol. The van der Waals surface area contributed by atoms with E-state index < -0.39 is 11.6 Å². The molecule has 5 heteroatoms. The Morgan fingerprint density at radius 1 is 1.07 bits per heavy atom. The highest BCUT2D eigenvalue weighted by Crippen LogP contribution is 2.63. The lowest BCUT2D eigenvalue weighted by Gasteiger charge is -2.30. The van der Waals surface area contributed by atoms with Crippen molar-refractivity contribution in [1.29, 1.82) is 0 Å². The minimum Gasteiger partial charge on any atom is -0.299 e. The Morgan fingerprint density at radius 3 is 2.50 bits per heavy atom. The Morgan fingerprint density at radius 2 is 1.77 bits per heavy atom. The fraction of sp³-hybridized carbons (Fsp3) is 0.360. The first-order valence-electron chi connectivity index (χ1n) is 10.5. The lowest BCUT2D eigenvalue weighted by Crippen LogP contribution is -2.20. The van der Waals surface area contributed by atoms with Crippen molar-refractivity contribution >= 4 is 28.3 Å². The van der Waals surface area contributed by atoms with Crippen molar-refractivity contribution in [2.45, 2.75) is 44.4 Å². The summed E-state index contributed by atoms with van der Waals surface area (Å²) in [5.74, 6) is -0.940. The number of hydrogen-bond acceptors (Lipinski definition) is 2. The zero-order valence-corrected chi connectivity index (χ0v) is 17.3. The van der Waals surface area contributed by atoms with Gasteiger partial charge in [-0.05, 0) is 78.8 Å². The van der Waals surface area contributed by atoms with Crippen LogP contribution < -0.4 is 0 Å². The van der Waals surface area contributed by atoms with Gasteiger partial charge in [0.25, 0.3) is 0 Å². The van der Waals surface area contributed by atoms with E-state index >= 15 is 0 Å². The third-order valence-electron chi connectivity index (χ3n) is 7.11. The Labute approximate surface area is 179 Å². The van der Waals surface area contributed by atoms with E-state index in [-0.39, 0.29) is 11.3 Å². The average molecular weight is 426 g/mol. The van der Waals surface area contributed by atoms with Gasteiger partial charge in [-0.1, -0.05) is 23.7 Å². The predicted octanol–water partition coefficient (Wildman–Crippen LogP) is 6.64. The van der Waals surface area contributed by atoms with Crippen LogP contribution in [-0.2, 0) is 11.2 Å². The van der Waals surface area contributed by atoms with E-state index in [2.05, 4.69) is 4.98 Å². The second-order valence-electron chi connectivity index (χ2n) is 8.85. The molecule has 1 heterocycles. The van der Waals surface area contributed by atoms with Crippen molar-refractivity contribution in [2.75, 3.05) is 0 Å². The van der Waals surface area contributed by atoms with E-state index in [1.165, 1.54) is 12.1 Å². The lowest BCUT2D eigenvalue weighted by atomic mass is 9.74. The normalized spacial score (nSPS) is 25.6. The maximum absolute atomic E-state index is 13.8. The molecule has 0 amide bonds. The number of carbonyl (C=O) groups excluding carboxylic acids is 1. The topological polar surface area (TPSA) is 30.0 Å². The van der Waals surface area contributed by atoms with Crippen LogP contribution in [-0.4, -0.2) is 10.8 Å². The van der Waals surface area contributed by atoms with Crippen LogP contribution in [0, 0.1) is 23.0 Å². The van der Waals surface area contributed by atoms with Gasteiger partial charge in [0, 0.05) is 35.0 Å². The quantitative estimate of drug-likeness (QED) is 0.468. The minimum atomic E-state index is -0.866. The van der Waals surface area contributed by atoms with Crippen LogP contribution in [0.1, 0.15) is 49.1 Å². The Bertz CT molecular complexity index is 1120. The molecule has 5 rings (SSSR count). The number of carbonyl (C=O) groups is 1. The fourth-order valence-electron chi connectivity index (χ4n) is 5.30. The summed E-state index contributed by atoms with van der Waals surface area (Å²) in [7, 11) is 0. The summed E-state index contributed by atoms with van der Waals surface area (Å²) < 4.78 is 27.4. The molecule has 0 saturated heterocycles. The second-order valence-corrected chi connectivity index (χ2v) is 9.28. The largest absolute Gasteiger partial charge is 0.299 e. The number of halogens is 3. The number of benzene rings is 2. The minimum absolute atomic E-state index is 0.139. The van der Waals surface area contributed by atoms with Crippen LogP contribution in [0.3, 0.4) is 0 Å². The zero-order valence-electron chi connectivity index (χ0n) is 16.5. The van der Waals surface area contributed by atoms with Crippen LogP contribution in [0.2, 0.25) is 5.02 Å². The molecule has 1 aromatic heterocycles. The van der Waals surface area contributed by atoms with Crippen molar-refractivity contribution in [3.05, 3.63) is 76.4 Å². The molecule has 1 unspecified atom stereocenters. The smallest absolute Gasteiger partial charge is 0.161 e. The summed E-state index contributed by atoms with van der Waals surface area (Å²) in [5.41, 5.74) is 2.69. The number of Topliss-reactive ketones (excluding diaryl/α,β-unsaturated/α-hetero) is 1. The SMILES string of the molecule is O=C(Cc1ccc(Cl)cc1)C1CC12CCC(c1ccnc3cc(F)c(F)cc13)CC2. The number of hydrogen-bond donors (Lipinski definition) is 0. The van der Waals surface area contributed by atoms with Crippen LogP contribution >= 0.6 is 11.6 Å². The van der Waals surface area contributed by atoms with Gasteiger partial charge in [0.1, 0.15) is 5.78 Å². The molecule has 2 aliphatic carbocycles. The molecule has 1 atom stereocenters. The number of rotatable bonds is 4.